The summed E-state index contributed by atoms with van der Waals surface area (Å²) >= 11 is 5.89. The maximum Gasteiger partial charge on any atom is 0.416 e. The Morgan fingerprint density at radius 3 is 2.64 bits per heavy atom. The lowest BCUT2D eigenvalue weighted by Crippen LogP contribution is -2.46. The quantitative estimate of drug-likeness (QED) is 0.800. The van der Waals surface area contributed by atoms with Gasteiger partial charge in [0, 0.05) is 12.6 Å². The van der Waals surface area contributed by atoms with Crippen LogP contribution in [0.5, 0.6) is 5.75 Å². The summed E-state index contributed by atoms with van der Waals surface area (Å²) in [4.78, 5) is 14.0. The molecule has 0 fully saturated rings. The van der Waals surface area contributed by atoms with E-state index in [1.54, 1.807) is 18.0 Å². The van der Waals surface area contributed by atoms with E-state index in [1.165, 1.54) is 6.07 Å². The van der Waals surface area contributed by atoms with E-state index in [2.05, 4.69) is 0 Å². The lowest BCUT2D eigenvalue weighted by Gasteiger charge is -2.33. The minimum Gasteiger partial charge on any atom is -0.490 e. The van der Waals surface area contributed by atoms with E-state index in [-0.39, 0.29) is 29.3 Å². The fourth-order valence-corrected chi connectivity index (χ4v) is 3.04. The highest BCUT2D eigenvalue weighted by atomic mass is 35.5. The molecular weight excluding hydrogens is 355 g/mol. The van der Waals surface area contributed by atoms with Crippen molar-refractivity contribution in [2.75, 3.05) is 13.7 Å². The van der Waals surface area contributed by atoms with Crippen LogP contribution < -0.4 is 4.74 Å². The first kappa shape index (κ1) is 17.6. The van der Waals surface area contributed by atoms with Crippen LogP contribution in [-0.4, -0.2) is 30.5 Å². The van der Waals surface area contributed by atoms with Gasteiger partial charge in [0.05, 0.1) is 16.6 Å². The van der Waals surface area contributed by atoms with Crippen LogP contribution in [0.1, 0.15) is 21.5 Å². The molecule has 3 rings (SSSR count). The van der Waals surface area contributed by atoms with Crippen molar-refractivity contribution < 1.29 is 22.7 Å². The lowest BCUT2D eigenvalue weighted by atomic mass is 9.94. The van der Waals surface area contributed by atoms with E-state index in [4.69, 9.17) is 16.3 Å². The Labute approximate surface area is 148 Å². The second-order valence-corrected chi connectivity index (χ2v) is 6.29. The Morgan fingerprint density at radius 1 is 1.24 bits per heavy atom. The number of ether oxygens (including phenoxy) is 1. The largest absolute Gasteiger partial charge is 0.490 e. The third-order valence-corrected chi connectivity index (χ3v) is 4.56. The zero-order chi connectivity index (χ0) is 18.2. The molecule has 3 nitrogen and oxygen atoms in total. The first-order valence-electron chi connectivity index (χ1n) is 7.62. The van der Waals surface area contributed by atoms with E-state index in [0.717, 1.165) is 17.7 Å². The monoisotopic (exact) mass is 369 g/mol. The zero-order valence-electron chi connectivity index (χ0n) is 13.3. The normalized spacial score (nSPS) is 17.4. The number of carbonyl (C=O) groups is 1. The number of halogens is 4. The highest BCUT2D eigenvalue weighted by Crippen LogP contribution is 2.35. The van der Waals surface area contributed by atoms with Gasteiger partial charge in [0.1, 0.15) is 12.4 Å². The van der Waals surface area contributed by atoms with Gasteiger partial charge in [-0.3, -0.25) is 4.79 Å². The third-order valence-electron chi connectivity index (χ3n) is 4.26. The molecule has 0 radical (unpaired) electrons. The van der Waals surface area contributed by atoms with Gasteiger partial charge in [-0.2, -0.15) is 13.2 Å². The summed E-state index contributed by atoms with van der Waals surface area (Å²) in [7, 11) is 1.68. The van der Waals surface area contributed by atoms with Gasteiger partial charge in [0.25, 0.3) is 5.91 Å². The van der Waals surface area contributed by atoms with Gasteiger partial charge in [0.2, 0.25) is 0 Å². The van der Waals surface area contributed by atoms with E-state index < -0.39 is 11.7 Å². The molecule has 0 saturated carbocycles. The maximum absolute atomic E-state index is 12.7. The van der Waals surface area contributed by atoms with Crippen LogP contribution in [0.4, 0.5) is 13.2 Å². The van der Waals surface area contributed by atoms with Gasteiger partial charge in [-0.05, 0) is 36.2 Å². The third kappa shape index (κ3) is 3.58. The second kappa shape index (κ2) is 6.59. The summed E-state index contributed by atoms with van der Waals surface area (Å²) in [5.74, 6) is 0.0586. The molecule has 0 saturated heterocycles. The highest BCUT2D eigenvalue weighted by molar-refractivity contribution is 6.32. The molecule has 1 unspecified atom stereocenters. The van der Waals surface area contributed by atoms with Gasteiger partial charge in [-0.1, -0.05) is 29.8 Å². The van der Waals surface area contributed by atoms with E-state index in [0.29, 0.717) is 12.0 Å². The van der Waals surface area contributed by atoms with Crippen LogP contribution in [0.3, 0.4) is 0 Å². The smallest absolute Gasteiger partial charge is 0.416 e. The number of hydrogen-bond donors (Lipinski definition) is 0. The van der Waals surface area contributed by atoms with Gasteiger partial charge in [-0.15, -0.1) is 0 Å². The molecular formula is C18H15ClF3NO2. The average Bonchev–Trinajstić information content (AvgIpc) is 2.57. The minimum absolute atomic E-state index is 0.103. The Bertz CT molecular complexity index is 807. The predicted molar refractivity (Wildman–Crippen MR) is 88.0 cm³/mol. The summed E-state index contributed by atoms with van der Waals surface area (Å²) in [6, 6.07) is 10.1. The van der Waals surface area contributed by atoms with Crippen molar-refractivity contribution >= 4 is 17.5 Å². The van der Waals surface area contributed by atoms with Gasteiger partial charge in [0.15, 0.2) is 0 Å². The molecule has 1 amide bonds. The first-order chi connectivity index (χ1) is 11.8. The van der Waals surface area contributed by atoms with Crippen LogP contribution in [-0.2, 0) is 12.6 Å². The van der Waals surface area contributed by atoms with E-state index in [9.17, 15) is 18.0 Å². The van der Waals surface area contributed by atoms with Gasteiger partial charge in [-0.25, -0.2) is 0 Å². The molecule has 2 aromatic rings. The van der Waals surface area contributed by atoms with Crippen LogP contribution in [0.15, 0.2) is 42.5 Å². The SMILES string of the molecule is CN1C(=O)c2ccccc2CC1COc1ccc(C(F)(F)F)cc1Cl. The molecule has 0 bridgehead atoms. The van der Waals surface area contributed by atoms with Gasteiger partial charge >= 0.3 is 6.18 Å². The number of likely N-dealkylation sites (N-methyl/N-ethyl adjacent to an activating group) is 1. The molecule has 1 atom stereocenters. The fourth-order valence-electron chi connectivity index (χ4n) is 2.80. The topological polar surface area (TPSA) is 29.5 Å². The van der Waals surface area contributed by atoms with Crippen molar-refractivity contribution in [3.05, 3.63) is 64.2 Å². The molecule has 7 heteroatoms. The maximum atomic E-state index is 12.7. The first-order valence-corrected chi connectivity index (χ1v) is 8.00. The van der Waals surface area contributed by atoms with Crippen LogP contribution in [0.25, 0.3) is 0 Å². The number of hydrogen-bond acceptors (Lipinski definition) is 2. The van der Waals surface area contributed by atoms with Crippen LogP contribution in [0, 0.1) is 0 Å². The van der Waals surface area contributed by atoms with Crippen molar-refractivity contribution in [1.82, 2.24) is 4.90 Å². The lowest BCUT2D eigenvalue weighted by molar-refractivity contribution is -0.137. The van der Waals surface area contributed by atoms with Crippen molar-refractivity contribution in [1.29, 1.82) is 0 Å². The number of carbonyl (C=O) groups excluding carboxylic acids is 1. The number of benzene rings is 2. The molecule has 0 spiro atoms. The number of fused-ring (bicyclic) bond motifs is 1. The Balaban J connectivity index is 1.73. The highest BCUT2D eigenvalue weighted by Gasteiger charge is 2.32. The van der Waals surface area contributed by atoms with Crippen molar-refractivity contribution in [3.8, 4) is 5.75 Å². The summed E-state index contributed by atoms with van der Waals surface area (Å²) in [5, 5.41) is -0.111. The summed E-state index contributed by atoms with van der Waals surface area (Å²) in [5.41, 5.74) is 0.760. The van der Waals surface area contributed by atoms with E-state index in [1.807, 2.05) is 18.2 Å². The molecule has 1 heterocycles. The van der Waals surface area contributed by atoms with Crippen molar-refractivity contribution in [2.45, 2.75) is 18.6 Å². The molecule has 2 aromatic carbocycles. The molecule has 0 N–H and O–H groups in total. The summed E-state index contributed by atoms with van der Waals surface area (Å²) in [6.45, 7) is 0.141. The molecule has 132 valence electrons. The minimum atomic E-state index is -4.46. The molecule has 25 heavy (non-hydrogen) atoms. The summed E-state index contributed by atoms with van der Waals surface area (Å²) < 4.78 is 43.6. The summed E-state index contributed by atoms with van der Waals surface area (Å²) in [6.07, 6.45) is -3.85. The molecule has 0 aliphatic carbocycles. The number of rotatable bonds is 3. The van der Waals surface area contributed by atoms with Crippen molar-refractivity contribution in [2.24, 2.45) is 0 Å². The predicted octanol–water partition coefficient (Wildman–Crippen LogP) is 4.43. The number of amides is 1. The van der Waals surface area contributed by atoms with Crippen LogP contribution >= 0.6 is 11.6 Å². The van der Waals surface area contributed by atoms with Crippen molar-refractivity contribution in [3.63, 3.8) is 0 Å². The average molecular weight is 370 g/mol. The number of nitrogens with zero attached hydrogens (tertiary/aromatic N) is 1. The fraction of sp³-hybridized carbons (Fsp3) is 0.278. The van der Waals surface area contributed by atoms with Gasteiger partial charge < -0.3 is 9.64 Å². The Kier molecular flexibility index (Phi) is 4.64. The molecule has 0 aromatic heterocycles. The Hall–Kier alpha value is -2.21. The zero-order valence-corrected chi connectivity index (χ0v) is 14.1. The molecule has 1 aliphatic heterocycles. The van der Waals surface area contributed by atoms with E-state index >= 15 is 0 Å². The Morgan fingerprint density at radius 2 is 1.96 bits per heavy atom. The number of alkyl halides is 3. The second-order valence-electron chi connectivity index (χ2n) is 5.89. The van der Waals surface area contributed by atoms with Crippen LogP contribution in [0.2, 0.25) is 5.02 Å². The standard InChI is InChI=1S/C18H15ClF3NO2/c1-23-13(8-11-4-2-3-5-14(11)17(23)24)10-25-16-7-6-12(9-15(16)19)18(20,21)22/h2-7,9,13H,8,10H2,1H3. The molecule has 1 aliphatic rings.